The Labute approximate surface area is 154 Å². The molecule has 142 valence electrons. The van der Waals surface area contributed by atoms with E-state index in [0.717, 1.165) is 12.5 Å². The van der Waals surface area contributed by atoms with Gasteiger partial charge in [-0.1, -0.05) is 26.8 Å². The maximum absolute atomic E-state index is 12.5. The molecule has 26 heavy (non-hydrogen) atoms. The zero-order valence-electron chi connectivity index (χ0n) is 16.2. The van der Waals surface area contributed by atoms with Gasteiger partial charge in [-0.3, -0.25) is 19.2 Å². The van der Waals surface area contributed by atoms with Gasteiger partial charge in [0.05, 0.1) is 18.7 Å². The molecule has 1 N–H and O–H groups in total. The molecule has 2 atom stereocenters. The van der Waals surface area contributed by atoms with E-state index in [1.807, 2.05) is 13.0 Å². The van der Waals surface area contributed by atoms with E-state index >= 15 is 0 Å². The number of ether oxygens (including phenoxy) is 1. The Morgan fingerprint density at radius 3 is 2.31 bits per heavy atom. The monoisotopic (exact) mass is 361 g/mol. The lowest BCUT2D eigenvalue weighted by Gasteiger charge is -2.16. The predicted octanol–water partition coefficient (Wildman–Crippen LogP) is 2.50. The van der Waals surface area contributed by atoms with Gasteiger partial charge in [0.1, 0.15) is 5.76 Å². The van der Waals surface area contributed by atoms with E-state index < -0.39 is 23.4 Å². The Morgan fingerprint density at radius 2 is 1.77 bits per heavy atom. The Morgan fingerprint density at radius 1 is 1.15 bits per heavy atom. The molecule has 0 saturated carbocycles. The molecule has 1 aliphatic rings. The maximum atomic E-state index is 12.5. The van der Waals surface area contributed by atoms with Crippen molar-refractivity contribution in [2.75, 3.05) is 7.11 Å². The number of rotatable bonds is 8. The fourth-order valence-corrected chi connectivity index (χ4v) is 2.81. The Balaban J connectivity index is 2.84. The molecular formula is C20H27NO5. The Bertz CT molecular complexity index is 697. The number of hydrogen-bond acceptors (Lipinski definition) is 5. The molecular weight excluding hydrogens is 334 g/mol. The lowest BCUT2D eigenvalue weighted by Crippen LogP contribution is -2.38. The van der Waals surface area contributed by atoms with Gasteiger partial charge in [-0.2, -0.15) is 0 Å². The molecule has 0 saturated heterocycles. The van der Waals surface area contributed by atoms with Crippen LogP contribution in [0.1, 0.15) is 41.0 Å². The molecule has 0 aliphatic heterocycles. The van der Waals surface area contributed by atoms with Gasteiger partial charge >= 0.3 is 0 Å². The minimum atomic E-state index is -0.974. The second-order valence-electron chi connectivity index (χ2n) is 7.03. The van der Waals surface area contributed by atoms with Gasteiger partial charge in [-0.25, -0.2) is 0 Å². The fourth-order valence-electron chi connectivity index (χ4n) is 2.81. The van der Waals surface area contributed by atoms with Crippen molar-refractivity contribution in [3.8, 4) is 0 Å². The standard InChI is InChI=1S/C20H27NO5/c1-11(2)7-12(3)8-13(4)18(23)14(5)20(25)21-16-9-15(26-6)10-17(22)19(16)24/h8-12,14H,7H2,1-6H3,(H,21,25)/b13-8+/t12-,14?/m1/s1. The first kappa shape index (κ1) is 21.5. The summed E-state index contributed by atoms with van der Waals surface area (Å²) in [6.07, 6.45) is 5.13. The van der Waals surface area contributed by atoms with Gasteiger partial charge in [0.15, 0.2) is 5.78 Å². The van der Waals surface area contributed by atoms with E-state index in [4.69, 9.17) is 4.74 Å². The topological polar surface area (TPSA) is 89.5 Å². The Hall–Kier alpha value is -2.50. The summed E-state index contributed by atoms with van der Waals surface area (Å²) in [5.74, 6) is -2.63. The highest BCUT2D eigenvalue weighted by Crippen LogP contribution is 2.17. The number of Topliss-reactive ketones (excluding diaryl/α,β-unsaturated/α-hetero) is 2. The highest BCUT2D eigenvalue weighted by atomic mass is 16.5. The zero-order chi connectivity index (χ0) is 20.0. The number of carbonyl (C=O) groups is 4. The van der Waals surface area contributed by atoms with Crippen LogP contribution in [-0.4, -0.2) is 30.4 Å². The minimum absolute atomic E-state index is 0.169. The molecule has 6 nitrogen and oxygen atoms in total. The van der Waals surface area contributed by atoms with E-state index in [9.17, 15) is 19.2 Å². The van der Waals surface area contributed by atoms with Crippen LogP contribution in [0.2, 0.25) is 0 Å². The van der Waals surface area contributed by atoms with Gasteiger partial charge < -0.3 is 10.1 Å². The van der Waals surface area contributed by atoms with Gasteiger partial charge in [0.2, 0.25) is 17.5 Å². The summed E-state index contributed by atoms with van der Waals surface area (Å²) < 4.78 is 4.93. The summed E-state index contributed by atoms with van der Waals surface area (Å²) in [4.78, 5) is 48.3. The van der Waals surface area contributed by atoms with Gasteiger partial charge in [0, 0.05) is 12.2 Å². The van der Waals surface area contributed by atoms with Crippen LogP contribution in [-0.2, 0) is 23.9 Å². The summed E-state index contributed by atoms with van der Waals surface area (Å²) in [5.41, 5.74) is 0.326. The lowest BCUT2D eigenvalue weighted by molar-refractivity contribution is -0.134. The zero-order valence-corrected chi connectivity index (χ0v) is 16.2. The molecule has 1 unspecified atom stereocenters. The molecule has 0 heterocycles. The van der Waals surface area contributed by atoms with E-state index in [1.165, 1.54) is 20.1 Å². The quantitative estimate of drug-likeness (QED) is 0.310. The van der Waals surface area contributed by atoms with E-state index in [1.54, 1.807) is 6.92 Å². The van der Waals surface area contributed by atoms with Gasteiger partial charge in [-0.05, 0) is 37.7 Å². The number of methoxy groups -OCH3 is 1. The van der Waals surface area contributed by atoms with Crippen LogP contribution in [0.15, 0.2) is 35.3 Å². The summed E-state index contributed by atoms with van der Waals surface area (Å²) in [6.45, 7) is 9.40. The van der Waals surface area contributed by atoms with Crippen molar-refractivity contribution in [2.45, 2.75) is 41.0 Å². The van der Waals surface area contributed by atoms with E-state index in [0.29, 0.717) is 11.5 Å². The molecule has 0 aromatic rings. The highest BCUT2D eigenvalue weighted by molar-refractivity contribution is 6.48. The summed E-state index contributed by atoms with van der Waals surface area (Å²) >= 11 is 0. The maximum Gasteiger partial charge on any atom is 0.249 e. The number of ketones is 3. The molecule has 0 spiro atoms. The Kier molecular flexibility index (Phi) is 7.68. The smallest absolute Gasteiger partial charge is 0.249 e. The van der Waals surface area contributed by atoms with Crippen LogP contribution in [0.4, 0.5) is 0 Å². The van der Waals surface area contributed by atoms with Crippen molar-refractivity contribution in [1.29, 1.82) is 0 Å². The summed E-state index contributed by atoms with van der Waals surface area (Å²) in [7, 11) is 1.35. The van der Waals surface area contributed by atoms with Crippen LogP contribution in [0.3, 0.4) is 0 Å². The molecule has 0 radical (unpaired) electrons. The molecule has 1 amide bonds. The number of carbonyl (C=O) groups excluding carboxylic acids is 4. The number of allylic oxidation sites excluding steroid dienone is 5. The minimum Gasteiger partial charge on any atom is -0.497 e. The summed E-state index contributed by atoms with van der Waals surface area (Å²) in [5, 5.41) is 2.37. The molecule has 0 aromatic heterocycles. The second-order valence-corrected chi connectivity index (χ2v) is 7.03. The third kappa shape index (κ3) is 5.79. The van der Waals surface area contributed by atoms with Crippen molar-refractivity contribution in [2.24, 2.45) is 17.8 Å². The fraction of sp³-hybridized carbons (Fsp3) is 0.500. The third-order valence-corrected chi connectivity index (χ3v) is 4.07. The molecule has 0 fully saturated rings. The predicted molar refractivity (Wildman–Crippen MR) is 97.9 cm³/mol. The summed E-state index contributed by atoms with van der Waals surface area (Å²) in [6, 6.07) is 0. The largest absolute Gasteiger partial charge is 0.497 e. The first-order valence-corrected chi connectivity index (χ1v) is 8.66. The lowest BCUT2D eigenvalue weighted by atomic mass is 9.92. The number of hydrogen-bond donors (Lipinski definition) is 1. The van der Waals surface area contributed by atoms with Crippen molar-refractivity contribution in [1.82, 2.24) is 5.32 Å². The van der Waals surface area contributed by atoms with Crippen molar-refractivity contribution in [3.05, 3.63) is 35.3 Å². The SMILES string of the molecule is COC1=CC(=O)C(=O)C(NC(=O)C(C)C(=O)/C(C)=C/[C@H](C)CC(C)C)=C1. The van der Waals surface area contributed by atoms with Crippen molar-refractivity contribution in [3.63, 3.8) is 0 Å². The van der Waals surface area contributed by atoms with Crippen molar-refractivity contribution < 1.29 is 23.9 Å². The number of nitrogens with one attached hydrogen (secondary N) is 1. The molecule has 1 rings (SSSR count). The second kappa shape index (κ2) is 9.27. The molecule has 1 aliphatic carbocycles. The average Bonchev–Trinajstić information content (AvgIpc) is 2.56. The highest BCUT2D eigenvalue weighted by Gasteiger charge is 2.28. The van der Waals surface area contributed by atoms with Crippen LogP contribution in [0.25, 0.3) is 0 Å². The average molecular weight is 361 g/mol. The van der Waals surface area contributed by atoms with Crippen LogP contribution in [0.5, 0.6) is 0 Å². The first-order chi connectivity index (χ1) is 12.1. The number of amides is 1. The van der Waals surface area contributed by atoms with E-state index in [-0.39, 0.29) is 23.2 Å². The van der Waals surface area contributed by atoms with Crippen LogP contribution in [0, 0.1) is 17.8 Å². The van der Waals surface area contributed by atoms with Crippen molar-refractivity contribution >= 4 is 23.3 Å². The van der Waals surface area contributed by atoms with E-state index in [2.05, 4.69) is 19.2 Å². The van der Waals surface area contributed by atoms with Crippen LogP contribution >= 0.6 is 0 Å². The molecule has 6 heteroatoms. The van der Waals surface area contributed by atoms with Crippen LogP contribution < -0.4 is 5.32 Å². The molecule has 0 aromatic carbocycles. The third-order valence-electron chi connectivity index (χ3n) is 4.07. The van der Waals surface area contributed by atoms with Gasteiger partial charge in [0.25, 0.3) is 0 Å². The molecule has 0 bridgehead atoms. The van der Waals surface area contributed by atoms with Gasteiger partial charge in [-0.15, -0.1) is 0 Å². The normalized spacial score (nSPS) is 17.4. The first-order valence-electron chi connectivity index (χ1n) is 8.66.